The van der Waals surface area contributed by atoms with Crippen LogP contribution in [-0.4, -0.2) is 51.7 Å². The lowest BCUT2D eigenvalue weighted by Gasteiger charge is -2.11. The van der Waals surface area contributed by atoms with Crippen LogP contribution in [0.4, 0.5) is 4.79 Å². The molecule has 0 bridgehead atoms. The molecule has 1 aliphatic rings. The number of urea groups is 1. The monoisotopic (exact) mass is 281 g/mol. The molecule has 2 heterocycles. The average Bonchev–Trinajstić information content (AvgIpc) is 2.99. The predicted molar refractivity (Wildman–Crippen MR) is 67.1 cm³/mol. The van der Waals surface area contributed by atoms with Crippen molar-refractivity contribution in [3.63, 3.8) is 0 Å². The number of hydrogen-bond acceptors (Lipinski definition) is 4. The second-order valence-corrected chi connectivity index (χ2v) is 4.41. The van der Waals surface area contributed by atoms with Crippen LogP contribution in [0.2, 0.25) is 0 Å². The summed E-state index contributed by atoms with van der Waals surface area (Å²) in [6.07, 6.45) is 3.07. The second-order valence-electron chi connectivity index (χ2n) is 4.41. The van der Waals surface area contributed by atoms with Crippen LogP contribution in [0.25, 0.3) is 0 Å². The topological polar surface area (TPSA) is 125 Å². The lowest BCUT2D eigenvalue weighted by Crippen LogP contribution is -2.43. The Morgan fingerprint density at radius 1 is 1.55 bits per heavy atom. The SMILES string of the molecule is O=C1CC(NC(=O)NCCn2cnc(C(=O)O)c2)CN1. The molecule has 0 aliphatic carbocycles. The first kappa shape index (κ1) is 13.8. The largest absolute Gasteiger partial charge is 0.476 e. The first-order valence-electron chi connectivity index (χ1n) is 6.10. The van der Waals surface area contributed by atoms with Gasteiger partial charge in [0.25, 0.3) is 0 Å². The van der Waals surface area contributed by atoms with Crippen LogP contribution in [0, 0.1) is 0 Å². The molecule has 0 saturated carbocycles. The molecule has 1 saturated heterocycles. The van der Waals surface area contributed by atoms with E-state index in [1.165, 1.54) is 12.5 Å². The maximum Gasteiger partial charge on any atom is 0.356 e. The van der Waals surface area contributed by atoms with Gasteiger partial charge in [0, 0.05) is 32.3 Å². The molecule has 3 amide bonds. The van der Waals surface area contributed by atoms with E-state index in [0.29, 0.717) is 19.6 Å². The molecule has 9 nitrogen and oxygen atoms in total. The van der Waals surface area contributed by atoms with Crippen molar-refractivity contribution < 1.29 is 19.5 Å². The molecule has 4 N–H and O–H groups in total. The number of aromatic nitrogens is 2. The summed E-state index contributed by atoms with van der Waals surface area (Å²) in [4.78, 5) is 36.8. The number of hydrogen-bond donors (Lipinski definition) is 4. The fourth-order valence-corrected chi connectivity index (χ4v) is 1.84. The van der Waals surface area contributed by atoms with Crippen molar-refractivity contribution in [2.24, 2.45) is 0 Å². The highest BCUT2D eigenvalue weighted by Gasteiger charge is 2.22. The fraction of sp³-hybridized carbons (Fsp3) is 0.455. The van der Waals surface area contributed by atoms with Crippen LogP contribution in [0.3, 0.4) is 0 Å². The number of carbonyl (C=O) groups excluding carboxylic acids is 2. The maximum atomic E-state index is 11.5. The number of rotatable bonds is 5. The molecule has 1 atom stereocenters. The Hall–Kier alpha value is -2.58. The highest BCUT2D eigenvalue weighted by Crippen LogP contribution is 1.98. The first-order valence-corrected chi connectivity index (χ1v) is 6.10. The van der Waals surface area contributed by atoms with E-state index in [-0.39, 0.29) is 30.1 Å². The molecule has 0 spiro atoms. The van der Waals surface area contributed by atoms with Crippen molar-refractivity contribution in [3.05, 3.63) is 18.2 Å². The van der Waals surface area contributed by atoms with E-state index in [1.54, 1.807) is 4.57 Å². The van der Waals surface area contributed by atoms with Crippen molar-refractivity contribution in [3.8, 4) is 0 Å². The standard InChI is InChI=1S/C11H15N5O4/c17-9-3-7(4-13-9)15-11(20)12-1-2-16-5-8(10(18)19)14-6-16/h5-7H,1-4H2,(H,13,17)(H,18,19)(H2,12,15,20). The molecular weight excluding hydrogens is 266 g/mol. The van der Waals surface area contributed by atoms with Crippen LogP contribution >= 0.6 is 0 Å². The number of nitrogens with one attached hydrogen (secondary N) is 3. The number of carbonyl (C=O) groups is 3. The third-order valence-corrected chi connectivity index (χ3v) is 2.82. The smallest absolute Gasteiger partial charge is 0.356 e. The van der Waals surface area contributed by atoms with Crippen molar-refractivity contribution in [1.29, 1.82) is 0 Å². The summed E-state index contributed by atoms with van der Waals surface area (Å²) in [6.45, 7) is 1.18. The van der Waals surface area contributed by atoms with Gasteiger partial charge in [0.05, 0.1) is 12.4 Å². The number of imidazole rings is 1. The van der Waals surface area contributed by atoms with Gasteiger partial charge in [-0.2, -0.15) is 0 Å². The maximum absolute atomic E-state index is 11.5. The second kappa shape index (κ2) is 6.04. The number of amides is 3. The molecule has 2 rings (SSSR count). The summed E-state index contributed by atoms with van der Waals surface area (Å²) in [7, 11) is 0. The van der Waals surface area contributed by atoms with E-state index < -0.39 is 5.97 Å². The van der Waals surface area contributed by atoms with Crippen molar-refractivity contribution in [1.82, 2.24) is 25.5 Å². The molecule has 20 heavy (non-hydrogen) atoms. The average molecular weight is 281 g/mol. The van der Waals surface area contributed by atoms with Gasteiger partial charge >= 0.3 is 12.0 Å². The van der Waals surface area contributed by atoms with E-state index in [2.05, 4.69) is 20.9 Å². The Morgan fingerprint density at radius 2 is 2.35 bits per heavy atom. The molecule has 1 aromatic heterocycles. The Kier molecular flexibility index (Phi) is 4.18. The summed E-state index contributed by atoms with van der Waals surface area (Å²) < 4.78 is 1.57. The minimum atomic E-state index is -1.09. The summed E-state index contributed by atoms with van der Waals surface area (Å²) in [5.41, 5.74) is -0.0370. The number of nitrogens with zero attached hydrogens (tertiary/aromatic N) is 2. The van der Waals surface area contributed by atoms with Gasteiger partial charge in [0.15, 0.2) is 5.69 Å². The molecule has 1 unspecified atom stereocenters. The number of carboxylic acids is 1. The highest BCUT2D eigenvalue weighted by atomic mass is 16.4. The number of aromatic carboxylic acids is 1. The van der Waals surface area contributed by atoms with Gasteiger partial charge in [-0.05, 0) is 0 Å². The Labute approximate surface area is 114 Å². The normalized spacial score (nSPS) is 17.6. The van der Waals surface area contributed by atoms with Gasteiger partial charge in [-0.15, -0.1) is 0 Å². The van der Waals surface area contributed by atoms with E-state index in [1.807, 2.05) is 0 Å². The molecule has 1 aromatic rings. The van der Waals surface area contributed by atoms with Gasteiger partial charge in [-0.1, -0.05) is 0 Å². The van der Waals surface area contributed by atoms with Crippen molar-refractivity contribution >= 4 is 17.9 Å². The van der Waals surface area contributed by atoms with Crippen LogP contribution in [-0.2, 0) is 11.3 Å². The Balaban J connectivity index is 1.68. The zero-order valence-electron chi connectivity index (χ0n) is 10.6. The Morgan fingerprint density at radius 3 is 2.95 bits per heavy atom. The quantitative estimate of drug-likeness (QED) is 0.537. The summed E-state index contributed by atoms with van der Waals surface area (Å²) in [5.74, 6) is -1.16. The summed E-state index contributed by atoms with van der Waals surface area (Å²) in [6, 6.07) is -0.542. The third-order valence-electron chi connectivity index (χ3n) is 2.82. The highest BCUT2D eigenvalue weighted by molar-refractivity contribution is 5.84. The van der Waals surface area contributed by atoms with E-state index >= 15 is 0 Å². The zero-order chi connectivity index (χ0) is 14.5. The van der Waals surface area contributed by atoms with E-state index in [0.717, 1.165) is 0 Å². The van der Waals surface area contributed by atoms with Crippen LogP contribution in [0.1, 0.15) is 16.9 Å². The van der Waals surface area contributed by atoms with Crippen molar-refractivity contribution in [2.75, 3.05) is 13.1 Å². The molecule has 9 heteroatoms. The lowest BCUT2D eigenvalue weighted by atomic mass is 10.3. The van der Waals surface area contributed by atoms with Gasteiger partial charge in [-0.25, -0.2) is 14.6 Å². The minimum absolute atomic E-state index is 0.0370. The van der Waals surface area contributed by atoms with Gasteiger partial charge in [0.1, 0.15) is 0 Å². The van der Waals surface area contributed by atoms with Crippen LogP contribution in [0.5, 0.6) is 0 Å². The third kappa shape index (κ3) is 3.70. The minimum Gasteiger partial charge on any atom is -0.476 e. The molecular formula is C11H15N5O4. The predicted octanol–water partition coefficient (Wildman–Crippen LogP) is -1.23. The van der Waals surface area contributed by atoms with Crippen LogP contribution < -0.4 is 16.0 Å². The van der Waals surface area contributed by atoms with Gasteiger partial charge in [-0.3, -0.25) is 4.79 Å². The molecule has 0 radical (unpaired) electrons. The van der Waals surface area contributed by atoms with Crippen LogP contribution in [0.15, 0.2) is 12.5 Å². The lowest BCUT2D eigenvalue weighted by molar-refractivity contribution is -0.119. The summed E-state index contributed by atoms with van der Waals surface area (Å²) >= 11 is 0. The Bertz CT molecular complexity index is 527. The zero-order valence-corrected chi connectivity index (χ0v) is 10.6. The molecule has 0 aromatic carbocycles. The van der Waals surface area contributed by atoms with Gasteiger partial charge in [0.2, 0.25) is 5.91 Å². The van der Waals surface area contributed by atoms with E-state index in [9.17, 15) is 14.4 Å². The summed E-state index contributed by atoms with van der Waals surface area (Å²) in [5, 5.41) is 16.6. The first-order chi connectivity index (χ1) is 9.54. The number of carboxylic acid groups (broad SMARTS) is 1. The molecule has 1 aliphatic heterocycles. The van der Waals surface area contributed by atoms with Gasteiger partial charge < -0.3 is 25.6 Å². The molecule has 108 valence electrons. The fourth-order valence-electron chi connectivity index (χ4n) is 1.84. The molecule has 1 fully saturated rings. The van der Waals surface area contributed by atoms with E-state index in [4.69, 9.17) is 5.11 Å². The van der Waals surface area contributed by atoms with Crippen molar-refractivity contribution in [2.45, 2.75) is 19.0 Å².